The molecule has 0 spiro atoms. The average Bonchev–Trinajstić information content (AvgIpc) is 2.66. The van der Waals surface area contributed by atoms with E-state index in [1.165, 1.54) is 27.2 Å². The van der Waals surface area contributed by atoms with E-state index in [2.05, 4.69) is 0 Å². The van der Waals surface area contributed by atoms with Gasteiger partial charge in [0, 0.05) is 11.6 Å². The highest BCUT2D eigenvalue weighted by molar-refractivity contribution is 6.02. The Balaban J connectivity index is 2.12. The Hall–Kier alpha value is -3.02. The van der Waals surface area contributed by atoms with Gasteiger partial charge in [-0.1, -0.05) is 0 Å². The van der Waals surface area contributed by atoms with Crippen molar-refractivity contribution >= 4 is 11.8 Å². The standard InChI is InChI=1S/C19H20O6/c1-12(18(20)13-5-7-14(22-2)8-6-13)25-19(21)16-10-9-15(23-3)11-17(16)24-4/h5-12H,1-4H3/t12-/m0/s1. The van der Waals surface area contributed by atoms with Gasteiger partial charge in [0.05, 0.1) is 21.3 Å². The smallest absolute Gasteiger partial charge is 0.342 e. The van der Waals surface area contributed by atoms with Crippen LogP contribution in [0, 0.1) is 0 Å². The lowest BCUT2D eigenvalue weighted by molar-refractivity contribution is 0.0316. The number of carbonyl (C=O) groups excluding carboxylic acids is 2. The van der Waals surface area contributed by atoms with Gasteiger partial charge in [-0.15, -0.1) is 0 Å². The van der Waals surface area contributed by atoms with Gasteiger partial charge in [0.1, 0.15) is 22.8 Å². The molecule has 0 aliphatic carbocycles. The molecule has 0 radical (unpaired) electrons. The van der Waals surface area contributed by atoms with Crippen molar-refractivity contribution in [2.75, 3.05) is 21.3 Å². The molecule has 0 aromatic heterocycles. The average molecular weight is 344 g/mol. The highest BCUT2D eigenvalue weighted by atomic mass is 16.5. The van der Waals surface area contributed by atoms with E-state index in [0.717, 1.165) is 0 Å². The number of rotatable bonds is 7. The van der Waals surface area contributed by atoms with Gasteiger partial charge in [-0.05, 0) is 43.3 Å². The summed E-state index contributed by atoms with van der Waals surface area (Å²) in [5.74, 6) is 0.561. The van der Waals surface area contributed by atoms with Gasteiger partial charge in [-0.3, -0.25) is 4.79 Å². The maximum Gasteiger partial charge on any atom is 0.342 e. The van der Waals surface area contributed by atoms with E-state index in [9.17, 15) is 9.59 Å². The van der Waals surface area contributed by atoms with Crippen molar-refractivity contribution in [2.24, 2.45) is 0 Å². The maximum atomic E-state index is 12.4. The molecule has 2 aromatic rings. The summed E-state index contributed by atoms with van der Waals surface area (Å²) < 4.78 is 20.6. The summed E-state index contributed by atoms with van der Waals surface area (Å²) in [7, 11) is 4.50. The highest BCUT2D eigenvalue weighted by Gasteiger charge is 2.22. The van der Waals surface area contributed by atoms with Crippen molar-refractivity contribution in [3.05, 3.63) is 53.6 Å². The van der Waals surface area contributed by atoms with Crippen LogP contribution in [0.5, 0.6) is 17.2 Å². The molecule has 6 nitrogen and oxygen atoms in total. The minimum absolute atomic E-state index is 0.220. The number of Topliss-reactive ketones (excluding diaryl/α,β-unsaturated/α-hetero) is 1. The Morgan fingerprint density at radius 1 is 0.840 bits per heavy atom. The third-order valence-corrected chi connectivity index (χ3v) is 3.66. The molecule has 0 aliphatic rings. The van der Waals surface area contributed by atoms with Crippen molar-refractivity contribution in [2.45, 2.75) is 13.0 Å². The fourth-order valence-corrected chi connectivity index (χ4v) is 2.23. The molecule has 132 valence electrons. The van der Waals surface area contributed by atoms with Crippen molar-refractivity contribution in [3.8, 4) is 17.2 Å². The molecule has 0 saturated heterocycles. The van der Waals surface area contributed by atoms with Gasteiger partial charge in [-0.2, -0.15) is 0 Å². The molecule has 0 saturated carbocycles. The SMILES string of the molecule is COc1ccc(C(=O)[C@H](C)OC(=O)c2ccc(OC)cc2OC)cc1. The summed E-state index contributed by atoms with van der Waals surface area (Å²) in [4.78, 5) is 24.8. The van der Waals surface area contributed by atoms with Gasteiger partial charge in [0.15, 0.2) is 6.10 Å². The van der Waals surface area contributed by atoms with E-state index in [1.54, 1.807) is 43.5 Å². The number of hydrogen-bond acceptors (Lipinski definition) is 6. The van der Waals surface area contributed by atoms with Gasteiger partial charge < -0.3 is 18.9 Å². The molecule has 6 heteroatoms. The molecule has 0 heterocycles. The second-order valence-electron chi connectivity index (χ2n) is 5.21. The number of benzene rings is 2. The highest BCUT2D eigenvalue weighted by Crippen LogP contribution is 2.25. The fraction of sp³-hybridized carbons (Fsp3) is 0.263. The quantitative estimate of drug-likeness (QED) is 0.568. The predicted octanol–water partition coefficient (Wildman–Crippen LogP) is 3.14. The van der Waals surface area contributed by atoms with Crippen molar-refractivity contribution < 1.29 is 28.5 Å². The predicted molar refractivity (Wildman–Crippen MR) is 91.7 cm³/mol. The molecule has 0 aliphatic heterocycles. The molecule has 25 heavy (non-hydrogen) atoms. The molecule has 2 rings (SSSR count). The third kappa shape index (κ3) is 4.29. The van der Waals surface area contributed by atoms with Crippen LogP contribution in [0.1, 0.15) is 27.6 Å². The topological polar surface area (TPSA) is 71.1 Å². The molecule has 0 amide bonds. The zero-order valence-electron chi connectivity index (χ0n) is 14.6. The minimum atomic E-state index is -0.937. The lowest BCUT2D eigenvalue weighted by Crippen LogP contribution is -2.24. The van der Waals surface area contributed by atoms with Crippen LogP contribution in [0.15, 0.2) is 42.5 Å². The first-order valence-electron chi connectivity index (χ1n) is 7.61. The van der Waals surface area contributed by atoms with E-state index >= 15 is 0 Å². The summed E-state index contributed by atoms with van der Waals surface area (Å²) in [6.45, 7) is 1.53. The van der Waals surface area contributed by atoms with Gasteiger partial charge in [-0.25, -0.2) is 4.79 Å². The molecule has 2 aromatic carbocycles. The van der Waals surface area contributed by atoms with Crippen LogP contribution in [0.3, 0.4) is 0 Å². The Kier molecular flexibility index (Phi) is 6.00. The van der Waals surface area contributed by atoms with Crippen LogP contribution >= 0.6 is 0 Å². The molecule has 0 N–H and O–H groups in total. The number of esters is 1. The Morgan fingerprint density at radius 2 is 1.44 bits per heavy atom. The van der Waals surface area contributed by atoms with E-state index in [4.69, 9.17) is 18.9 Å². The number of carbonyl (C=O) groups is 2. The second kappa shape index (κ2) is 8.19. The van der Waals surface area contributed by atoms with Crippen LogP contribution in [-0.2, 0) is 4.74 Å². The van der Waals surface area contributed by atoms with E-state index in [0.29, 0.717) is 22.8 Å². The first-order valence-corrected chi connectivity index (χ1v) is 7.61. The lowest BCUT2D eigenvalue weighted by atomic mass is 10.1. The second-order valence-corrected chi connectivity index (χ2v) is 5.21. The molecular weight excluding hydrogens is 324 g/mol. The normalized spacial score (nSPS) is 11.4. The summed E-state index contributed by atoms with van der Waals surface area (Å²) in [5, 5.41) is 0. The van der Waals surface area contributed by atoms with Crippen LogP contribution in [-0.4, -0.2) is 39.2 Å². The van der Waals surface area contributed by atoms with Crippen molar-refractivity contribution in [3.63, 3.8) is 0 Å². The van der Waals surface area contributed by atoms with E-state index in [-0.39, 0.29) is 11.3 Å². The molecular formula is C19H20O6. The van der Waals surface area contributed by atoms with Crippen molar-refractivity contribution in [1.82, 2.24) is 0 Å². The minimum Gasteiger partial charge on any atom is -0.497 e. The number of ether oxygens (including phenoxy) is 4. The Morgan fingerprint density at radius 3 is 2.00 bits per heavy atom. The van der Waals surface area contributed by atoms with Gasteiger partial charge in [0.2, 0.25) is 5.78 Å². The summed E-state index contributed by atoms with van der Waals surface area (Å²) in [6, 6.07) is 11.3. The van der Waals surface area contributed by atoms with Gasteiger partial charge >= 0.3 is 5.97 Å². The number of methoxy groups -OCH3 is 3. The molecule has 1 atom stereocenters. The zero-order chi connectivity index (χ0) is 18.4. The molecule has 0 unspecified atom stereocenters. The van der Waals surface area contributed by atoms with Crippen LogP contribution in [0.4, 0.5) is 0 Å². The van der Waals surface area contributed by atoms with Gasteiger partial charge in [0.25, 0.3) is 0 Å². The van der Waals surface area contributed by atoms with Crippen molar-refractivity contribution in [1.29, 1.82) is 0 Å². The van der Waals surface area contributed by atoms with Crippen LogP contribution in [0.2, 0.25) is 0 Å². The summed E-state index contributed by atoms with van der Waals surface area (Å²) in [6.07, 6.45) is -0.937. The van der Waals surface area contributed by atoms with Crippen LogP contribution in [0.25, 0.3) is 0 Å². The molecule has 0 bridgehead atoms. The number of hydrogen-bond donors (Lipinski definition) is 0. The zero-order valence-corrected chi connectivity index (χ0v) is 14.6. The first-order chi connectivity index (χ1) is 12.0. The lowest BCUT2D eigenvalue weighted by Gasteiger charge is -2.14. The summed E-state index contributed by atoms with van der Waals surface area (Å²) in [5.41, 5.74) is 0.653. The maximum absolute atomic E-state index is 12.4. The Bertz CT molecular complexity index is 751. The number of ketones is 1. The Labute approximate surface area is 146 Å². The summed E-state index contributed by atoms with van der Waals surface area (Å²) >= 11 is 0. The van der Waals surface area contributed by atoms with Crippen LogP contribution < -0.4 is 14.2 Å². The molecule has 0 fully saturated rings. The fourth-order valence-electron chi connectivity index (χ4n) is 2.23. The first kappa shape index (κ1) is 18.3. The largest absolute Gasteiger partial charge is 0.497 e. The van der Waals surface area contributed by atoms with E-state index < -0.39 is 12.1 Å². The third-order valence-electron chi connectivity index (χ3n) is 3.66. The monoisotopic (exact) mass is 344 g/mol. The van der Waals surface area contributed by atoms with E-state index in [1.807, 2.05) is 0 Å².